The minimum absolute atomic E-state index is 0.0987. The lowest BCUT2D eigenvalue weighted by molar-refractivity contribution is 0.0993. The lowest BCUT2D eigenvalue weighted by Gasteiger charge is -2.11. The van der Waals surface area contributed by atoms with Crippen LogP contribution in [0.4, 0.5) is 8.78 Å². The molecule has 16 heavy (non-hydrogen) atoms. The molecule has 1 unspecified atom stereocenters. The van der Waals surface area contributed by atoms with Gasteiger partial charge < -0.3 is 9.84 Å². The predicted octanol–water partition coefficient (Wildman–Crippen LogP) is 1.93. The van der Waals surface area contributed by atoms with Gasteiger partial charge >= 0.3 is 0 Å². The Morgan fingerprint density at radius 2 is 2.00 bits per heavy atom. The molecule has 0 aliphatic rings. The van der Waals surface area contributed by atoms with Crippen molar-refractivity contribution in [1.29, 1.82) is 0 Å². The molecule has 5 heteroatoms. The molecular weight excluding hydrogens is 218 g/mol. The molecule has 0 fully saturated rings. The van der Waals surface area contributed by atoms with E-state index in [4.69, 9.17) is 4.74 Å². The van der Waals surface area contributed by atoms with Crippen molar-refractivity contribution >= 4 is 6.29 Å². The van der Waals surface area contributed by atoms with Gasteiger partial charge in [0.05, 0.1) is 6.10 Å². The molecule has 3 nitrogen and oxygen atoms in total. The summed E-state index contributed by atoms with van der Waals surface area (Å²) in [4.78, 5) is 10.3. The van der Waals surface area contributed by atoms with Crippen molar-refractivity contribution in [2.45, 2.75) is 19.4 Å². The number of hydrogen-bond acceptors (Lipinski definition) is 3. The summed E-state index contributed by atoms with van der Waals surface area (Å²) in [5.74, 6) is -2.48. The van der Waals surface area contributed by atoms with E-state index in [1.807, 2.05) is 0 Å². The maximum Gasteiger partial charge on any atom is 0.190 e. The van der Waals surface area contributed by atoms with Crippen molar-refractivity contribution in [2.75, 3.05) is 6.61 Å². The maximum absolute atomic E-state index is 13.2. The Kier molecular flexibility index (Phi) is 4.37. The second-order valence-corrected chi connectivity index (χ2v) is 3.30. The van der Waals surface area contributed by atoms with Crippen molar-refractivity contribution in [2.24, 2.45) is 0 Å². The van der Waals surface area contributed by atoms with E-state index in [9.17, 15) is 18.7 Å². The van der Waals surface area contributed by atoms with Crippen molar-refractivity contribution in [3.63, 3.8) is 0 Å². The third kappa shape index (κ3) is 3.00. The quantitative estimate of drug-likeness (QED) is 0.786. The van der Waals surface area contributed by atoms with Gasteiger partial charge in [-0.25, -0.2) is 8.78 Å². The highest BCUT2D eigenvalue weighted by Gasteiger charge is 2.13. The van der Waals surface area contributed by atoms with Crippen LogP contribution in [0, 0.1) is 11.6 Å². The summed E-state index contributed by atoms with van der Waals surface area (Å²) in [6.45, 7) is 1.53. The fraction of sp³-hybridized carbons (Fsp3) is 0.364. The Morgan fingerprint density at radius 1 is 1.44 bits per heavy atom. The van der Waals surface area contributed by atoms with Gasteiger partial charge in [-0.1, -0.05) is 6.92 Å². The van der Waals surface area contributed by atoms with Gasteiger partial charge in [-0.2, -0.15) is 0 Å². The predicted molar refractivity (Wildman–Crippen MR) is 53.5 cm³/mol. The number of hydrogen-bond donors (Lipinski definition) is 1. The number of benzene rings is 1. The molecule has 1 N–H and O–H groups in total. The van der Waals surface area contributed by atoms with Gasteiger partial charge in [-0.05, 0) is 18.6 Å². The van der Waals surface area contributed by atoms with Crippen molar-refractivity contribution < 1.29 is 23.4 Å². The molecule has 0 saturated heterocycles. The van der Waals surface area contributed by atoms with E-state index in [0.717, 1.165) is 12.1 Å². The van der Waals surface area contributed by atoms with Gasteiger partial charge in [-0.3, -0.25) is 4.79 Å². The molecule has 1 aromatic carbocycles. The molecule has 0 aromatic heterocycles. The van der Waals surface area contributed by atoms with Crippen LogP contribution >= 0.6 is 0 Å². The first-order valence-electron chi connectivity index (χ1n) is 4.83. The Bertz CT molecular complexity index is 356. The summed E-state index contributed by atoms with van der Waals surface area (Å²) in [7, 11) is 0. The number of ether oxygens (including phenoxy) is 1. The van der Waals surface area contributed by atoms with E-state index in [0.29, 0.717) is 12.7 Å². The van der Waals surface area contributed by atoms with Gasteiger partial charge in [0.2, 0.25) is 0 Å². The van der Waals surface area contributed by atoms with Crippen LogP contribution in [0.2, 0.25) is 0 Å². The Labute approximate surface area is 91.7 Å². The largest absolute Gasteiger partial charge is 0.485 e. The third-order valence-electron chi connectivity index (χ3n) is 2.05. The molecule has 0 saturated carbocycles. The van der Waals surface area contributed by atoms with Crippen LogP contribution in [0.1, 0.15) is 23.7 Å². The Balaban J connectivity index is 2.84. The zero-order valence-electron chi connectivity index (χ0n) is 8.74. The first-order chi connectivity index (χ1) is 7.58. The number of halogens is 2. The highest BCUT2D eigenvalue weighted by molar-refractivity contribution is 5.75. The molecular formula is C11H12F2O3. The second-order valence-electron chi connectivity index (χ2n) is 3.30. The molecule has 1 aromatic rings. The zero-order chi connectivity index (χ0) is 12.1. The van der Waals surface area contributed by atoms with E-state index >= 15 is 0 Å². The second kappa shape index (κ2) is 5.55. The van der Waals surface area contributed by atoms with Crippen molar-refractivity contribution in [3.8, 4) is 5.75 Å². The normalized spacial score (nSPS) is 12.2. The minimum atomic E-state index is -0.953. The van der Waals surface area contributed by atoms with Crippen LogP contribution in [-0.2, 0) is 0 Å². The molecule has 0 amide bonds. The van der Waals surface area contributed by atoms with E-state index in [-0.39, 0.29) is 12.2 Å². The molecule has 0 heterocycles. The van der Waals surface area contributed by atoms with E-state index < -0.39 is 23.5 Å². The average Bonchev–Trinajstić information content (AvgIpc) is 2.27. The number of carbonyl (C=O) groups is 1. The molecule has 88 valence electrons. The number of rotatable bonds is 5. The summed E-state index contributed by atoms with van der Waals surface area (Å²) in [5.41, 5.74) is -0.0987. The van der Waals surface area contributed by atoms with Crippen LogP contribution in [-0.4, -0.2) is 24.1 Å². The van der Waals surface area contributed by atoms with Gasteiger partial charge in [0.1, 0.15) is 12.9 Å². The van der Waals surface area contributed by atoms with Crippen LogP contribution < -0.4 is 4.74 Å². The van der Waals surface area contributed by atoms with E-state index in [1.54, 1.807) is 6.92 Å². The molecule has 1 rings (SSSR count). The number of aldehydes is 1. The monoisotopic (exact) mass is 230 g/mol. The molecule has 0 aliphatic heterocycles. The first-order valence-corrected chi connectivity index (χ1v) is 4.83. The minimum Gasteiger partial charge on any atom is -0.485 e. The molecule has 1 atom stereocenters. The van der Waals surface area contributed by atoms with Gasteiger partial charge in [0, 0.05) is 5.56 Å². The van der Waals surface area contributed by atoms with Crippen LogP contribution in [0.3, 0.4) is 0 Å². The zero-order valence-corrected chi connectivity index (χ0v) is 8.74. The first kappa shape index (κ1) is 12.6. The number of aliphatic hydroxyl groups is 1. The van der Waals surface area contributed by atoms with Crippen LogP contribution in [0.15, 0.2) is 12.1 Å². The standard InChI is InChI=1S/C11H12F2O3/c1-2-8(15)6-16-11-9(12)3-7(5-14)4-10(11)13/h3-5,8,15H,2,6H2,1H3. The van der Waals surface area contributed by atoms with Crippen molar-refractivity contribution in [1.82, 2.24) is 0 Å². The van der Waals surface area contributed by atoms with Crippen molar-refractivity contribution in [3.05, 3.63) is 29.3 Å². The van der Waals surface area contributed by atoms with Gasteiger partial charge in [0.25, 0.3) is 0 Å². The van der Waals surface area contributed by atoms with Gasteiger partial charge in [0.15, 0.2) is 17.4 Å². The Hall–Kier alpha value is -1.49. The van der Waals surface area contributed by atoms with Crippen LogP contribution in [0.25, 0.3) is 0 Å². The number of aliphatic hydroxyl groups excluding tert-OH is 1. The summed E-state index contributed by atoms with van der Waals surface area (Å²) in [6, 6.07) is 1.76. The van der Waals surface area contributed by atoms with Crippen LogP contribution in [0.5, 0.6) is 5.75 Å². The summed E-state index contributed by atoms with van der Waals surface area (Å²) in [5, 5.41) is 9.18. The highest BCUT2D eigenvalue weighted by Crippen LogP contribution is 2.22. The summed E-state index contributed by atoms with van der Waals surface area (Å²) in [6.07, 6.45) is -0.00324. The topological polar surface area (TPSA) is 46.5 Å². The summed E-state index contributed by atoms with van der Waals surface area (Å²) >= 11 is 0. The van der Waals surface area contributed by atoms with Gasteiger partial charge in [-0.15, -0.1) is 0 Å². The molecule has 0 bridgehead atoms. The summed E-state index contributed by atoms with van der Waals surface area (Å²) < 4.78 is 31.3. The number of carbonyl (C=O) groups excluding carboxylic acids is 1. The Morgan fingerprint density at radius 3 is 2.44 bits per heavy atom. The maximum atomic E-state index is 13.2. The lowest BCUT2D eigenvalue weighted by atomic mass is 10.2. The smallest absolute Gasteiger partial charge is 0.190 e. The molecule has 0 radical (unpaired) electrons. The molecule has 0 aliphatic carbocycles. The van der Waals surface area contributed by atoms with E-state index in [2.05, 4.69) is 0 Å². The third-order valence-corrected chi connectivity index (χ3v) is 2.05. The fourth-order valence-electron chi connectivity index (χ4n) is 1.08. The average molecular weight is 230 g/mol. The highest BCUT2D eigenvalue weighted by atomic mass is 19.1. The lowest BCUT2D eigenvalue weighted by Crippen LogP contribution is -2.17. The van der Waals surface area contributed by atoms with E-state index in [1.165, 1.54) is 0 Å². The molecule has 0 spiro atoms. The SMILES string of the molecule is CCC(O)COc1c(F)cc(C=O)cc1F. The fourth-order valence-corrected chi connectivity index (χ4v) is 1.08.